The van der Waals surface area contributed by atoms with E-state index in [4.69, 9.17) is 4.42 Å². The van der Waals surface area contributed by atoms with Crippen molar-refractivity contribution in [3.8, 4) is 44.8 Å². The van der Waals surface area contributed by atoms with Crippen LogP contribution in [0.2, 0.25) is 0 Å². The van der Waals surface area contributed by atoms with Gasteiger partial charge < -0.3 is 8.98 Å². The molecule has 3 heterocycles. The normalized spacial score (nSPS) is 11.8. The molecule has 0 aliphatic rings. The predicted octanol–water partition coefficient (Wildman–Crippen LogP) is 13.6. The zero-order valence-electron chi connectivity index (χ0n) is 28.8. The first-order valence-electron chi connectivity index (χ1n) is 18.1. The van der Waals surface area contributed by atoms with Crippen molar-refractivity contribution in [3.63, 3.8) is 0 Å². The Morgan fingerprint density at radius 2 is 0.774 bits per heavy atom. The number of fused-ring (bicyclic) bond motifs is 8. The fourth-order valence-corrected chi connectivity index (χ4v) is 8.23. The fraction of sp³-hybridized carbons (Fsp3) is 0. The highest BCUT2D eigenvalue weighted by Gasteiger charge is 2.20. The Kier molecular flexibility index (Phi) is 6.55. The van der Waals surface area contributed by atoms with E-state index in [0.29, 0.717) is 0 Å². The van der Waals surface area contributed by atoms with Crippen molar-refractivity contribution >= 4 is 54.8 Å². The number of hydrogen-bond donors (Lipinski definition) is 0. The van der Waals surface area contributed by atoms with Crippen molar-refractivity contribution in [2.75, 3.05) is 0 Å². The maximum Gasteiger partial charge on any atom is 0.213 e. The van der Waals surface area contributed by atoms with Crippen LogP contribution in [-0.2, 0) is 0 Å². The Morgan fingerprint density at radius 1 is 0.302 bits per heavy atom. The van der Waals surface area contributed by atoms with Crippen LogP contribution >= 0.6 is 0 Å². The minimum Gasteiger partial charge on any atom is -0.439 e. The van der Waals surface area contributed by atoms with Gasteiger partial charge in [0, 0.05) is 32.9 Å². The lowest BCUT2D eigenvalue weighted by Gasteiger charge is -2.10. The molecule has 248 valence electrons. The maximum absolute atomic E-state index is 6.71. The van der Waals surface area contributed by atoms with Crippen LogP contribution in [0.15, 0.2) is 199 Å². The molecule has 0 aliphatic carbocycles. The third kappa shape index (κ3) is 4.68. The summed E-state index contributed by atoms with van der Waals surface area (Å²) in [6.45, 7) is 0. The smallest absolute Gasteiger partial charge is 0.213 e. The molecule has 0 amide bonds. The second kappa shape index (κ2) is 11.7. The van der Waals surface area contributed by atoms with Gasteiger partial charge in [0.2, 0.25) is 5.71 Å². The topological polar surface area (TPSA) is 23.0 Å². The van der Waals surface area contributed by atoms with Crippen LogP contribution in [0.1, 0.15) is 0 Å². The highest BCUT2D eigenvalue weighted by molar-refractivity contribution is 6.20. The van der Waals surface area contributed by atoms with Crippen LogP contribution in [0.4, 0.5) is 0 Å². The fourth-order valence-electron chi connectivity index (χ4n) is 8.23. The predicted molar refractivity (Wildman–Crippen MR) is 221 cm³/mol. The summed E-state index contributed by atoms with van der Waals surface area (Å²) in [5.74, 6) is 0. The van der Waals surface area contributed by atoms with Gasteiger partial charge in [-0.15, -0.1) is 0 Å². The number of para-hydroxylation sites is 2. The zero-order valence-corrected chi connectivity index (χ0v) is 28.8. The molecule has 11 rings (SSSR count). The van der Waals surface area contributed by atoms with E-state index in [2.05, 4.69) is 197 Å². The van der Waals surface area contributed by atoms with Gasteiger partial charge in [0.15, 0.2) is 0 Å². The molecular weight excluding hydrogens is 645 g/mol. The lowest BCUT2D eigenvalue weighted by Crippen LogP contribution is -1.94. The Balaban J connectivity index is 1.03. The molecule has 0 saturated heterocycles. The van der Waals surface area contributed by atoms with Crippen molar-refractivity contribution in [2.45, 2.75) is 0 Å². The van der Waals surface area contributed by atoms with Gasteiger partial charge in [-0.1, -0.05) is 127 Å². The van der Waals surface area contributed by atoms with E-state index >= 15 is 0 Å². The first-order valence-corrected chi connectivity index (χ1v) is 18.1. The largest absolute Gasteiger partial charge is 0.439 e. The minimum atomic E-state index is 0.872. The van der Waals surface area contributed by atoms with E-state index in [0.717, 1.165) is 50.1 Å². The van der Waals surface area contributed by atoms with Gasteiger partial charge in [0.25, 0.3) is 0 Å². The molecule has 0 atom stereocenters. The van der Waals surface area contributed by atoms with Crippen LogP contribution in [-0.4, -0.2) is 9.13 Å². The van der Waals surface area contributed by atoms with Gasteiger partial charge >= 0.3 is 0 Å². The van der Waals surface area contributed by atoms with Crippen LogP contribution in [0.25, 0.3) is 99.5 Å². The zero-order chi connectivity index (χ0) is 34.9. The number of aromatic nitrogens is 2. The average molecular weight is 677 g/mol. The van der Waals surface area contributed by atoms with Crippen molar-refractivity contribution in [2.24, 2.45) is 0 Å². The molecular formula is C50H32N2O. The molecule has 3 nitrogen and oxygen atoms in total. The summed E-state index contributed by atoms with van der Waals surface area (Å²) in [6, 6.07) is 69.6. The number of nitrogens with zero attached hydrogens (tertiary/aromatic N) is 2. The van der Waals surface area contributed by atoms with Crippen LogP contribution in [0.3, 0.4) is 0 Å². The van der Waals surface area contributed by atoms with Crippen LogP contribution in [0, 0.1) is 0 Å². The van der Waals surface area contributed by atoms with Gasteiger partial charge in [-0.3, -0.25) is 4.57 Å². The molecule has 8 aromatic carbocycles. The van der Waals surface area contributed by atoms with E-state index in [-0.39, 0.29) is 0 Å². The van der Waals surface area contributed by atoms with E-state index in [1.807, 2.05) is 6.07 Å². The first kappa shape index (κ1) is 29.6. The van der Waals surface area contributed by atoms with Crippen LogP contribution < -0.4 is 0 Å². The number of rotatable bonds is 5. The summed E-state index contributed by atoms with van der Waals surface area (Å²) in [5, 5.41) is 5.95. The molecule has 0 bridgehead atoms. The first-order chi connectivity index (χ1) is 26.3. The third-order valence-electron chi connectivity index (χ3n) is 10.7. The van der Waals surface area contributed by atoms with E-state index in [1.54, 1.807) is 0 Å². The molecule has 0 spiro atoms. The second-order valence-corrected chi connectivity index (χ2v) is 13.8. The van der Waals surface area contributed by atoms with Crippen LogP contribution in [0.5, 0.6) is 0 Å². The lowest BCUT2D eigenvalue weighted by atomic mass is 10.0. The van der Waals surface area contributed by atoms with Crippen molar-refractivity contribution in [1.29, 1.82) is 0 Å². The second-order valence-electron chi connectivity index (χ2n) is 13.8. The summed E-state index contributed by atoms with van der Waals surface area (Å²) >= 11 is 0. The van der Waals surface area contributed by atoms with E-state index in [9.17, 15) is 0 Å². The average Bonchev–Trinajstić information content (AvgIpc) is 3.88. The number of hydrogen-bond acceptors (Lipinski definition) is 1. The molecule has 3 aromatic heterocycles. The standard InChI is InChI=1S/C50H32N2O/c1-4-12-33(13-5-1)36-23-28-46-43(30-36)44-31-37(34-14-6-2-7-15-34)24-29-47(44)51(46)40-25-20-35(21-26-40)38-22-27-42-48(32-38)53-50-49(42)41-18-10-11-19-45(41)52(50)39-16-8-3-9-17-39/h1-32H. The van der Waals surface area contributed by atoms with E-state index < -0.39 is 0 Å². The lowest BCUT2D eigenvalue weighted by molar-refractivity contribution is 0.645. The van der Waals surface area contributed by atoms with E-state index in [1.165, 1.54) is 49.4 Å². The summed E-state index contributed by atoms with van der Waals surface area (Å²) in [6.07, 6.45) is 0. The molecule has 3 heteroatoms. The Bertz CT molecular complexity index is 3030. The summed E-state index contributed by atoms with van der Waals surface area (Å²) in [5.41, 5.74) is 14.6. The maximum atomic E-state index is 6.71. The number of furan rings is 1. The Labute approximate surface area is 306 Å². The minimum absolute atomic E-state index is 0.872. The molecule has 0 aliphatic heterocycles. The third-order valence-corrected chi connectivity index (χ3v) is 10.7. The summed E-state index contributed by atoms with van der Waals surface area (Å²) in [7, 11) is 0. The quantitative estimate of drug-likeness (QED) is 0.178. The van der Waals surface area contributed by atoms with Gasteiger partial charge in [0.1, 0.15) is 5.58 Å². The highest BCUT2D eigenvalue weighted by atomic mass is 16.3. The van der Waals surface area contributed by atoms with Crippen molar-refractivity contribution in [1.82, 2.24) is 9.13 Å². The Hall–Kier alpha value is -7.10. The molecule has 53 heavy (non-hydrogen) atoms. The van der Waals surface area contributed by atoms with Crippen molar-refractivity contribution in [3.05, 3.63) is 194 Å². The SMILES string of the molecule is c1ccc(-c2ccc3c(c2)c2cc(-c4ccccc4)ccc2n3-c2ccc(-c3ccc4c(c3)oc3c4c4ccccc4n3-c3ccccc3)cc2)cc1. The molecule has 0 radical (unpaired) electrons. The van der Waals surface area contributed by atoms with Gasteiger partial charge in [-0.2, -0.15) is 0 Å². The monoisotopic (exact) mass is 676 g/mol. The highest BCUT2D eigenvalue weighted by Crippen LogP contribution is 2.41. The number of benzene rings is 8. The molecule has 0 unspecified atom stereocenters. The molecule has 11 aromatic rings. The summed E-state index contributed by atoms with van der Waals surface area (Å²) < 4.78 is 11.3. The molecule has 0 saturated carbocycles. The summed E-state index contributed by atoms with van der Waals surface area (Å²) in [4.78, 5) is 0. The molecule has 0 fully saturated rings. The van der Waals surface area contributed by atoms with Gasteiger partial charge in [-0.25, -0.2) is 0 Å². The van der Waals surface area contributed by atoms with Gasteiger partial charge in [-0.05, 0) is 100 Å². The van der Waals surface area contributed by atoms with Crippen molar-refractivity contribution < 1.29 is 4.42 Å². The molecule has 0 N–H and O–H groups in total. The Morgan fingerprint density at radius 3 is 1.42 bits per heavy atom. The van der Waals surface area contributed by atoms with Gasteiger partial charge in [0.05, 0.1) is 21.9 Å².